The lowest BCUT2D eigenvalue weighted by molar-refractivity contribution is 0.536. The average Bonchev–Trinajstić information content (AvgIpc) is 1.85. The standard InChI is InChI=1S/C7H8/c1-5-2-6-3-7(5)4-6/h2,7H,1,3-4H2. The molecule has 0 saturated heterocycles. The SMILES string of the molecule is C=C1C=C2CC1C2. The third-order valence-corrected chi connectivity index (χ3v) is 1.93. The van der Waals surface area contributed by atoms with Crippen molar-refractivity contribution in [2.45, 2.75) is 12.8 Å². The number of fused-ring (bicyclic) bond motifs is 1. The van der Waals surface area contributed by atoms with Crippen LogP contribution in [0.3, 0.4) is 0 Å². The number of hydrogen-bond acceptors (Lipinski definition) is 0. The lowest BCUT2D eigenvalue weighted by atomic mass is 9.86. The highest BCUT2D eigenvalue weighted by Gasteiger charge is 2.30. The Kier molecular flexibility index (Phi) is 0.415. The molecule has 0 heterocycles. The molecular formula is C7H8. The van der Waals surface area contributed by atoms with Crippen molar-refractivity contribution >= 4 is 0 Å². The summed E-state index contributed by atoms with van der Waals surface area (Å²) in [7, 11) is 0. The Morgan fingerprint density at radius 1 is 1.57 bits per heavy atom. The molecule has 0 atom stereocenters. The van der Waals surface area contributed by atoms with E-state index in [0.717, 1.165) is 5.92 Å². The first-order valence-corrected chi connectivity index (χ1v) is 2.74. The van der Waals surface area contributed by atoms with Gasteiger partial charge in [-0.2, -0.15) is 0 Å². The Morgan fingerprint density at radius 3 is 2.43 bits per heavy atom. The molecule has 0 spiro atoms. The van der Waals surface area contributed by atoms with Crippen molar-refractivity contribution in [1.29, 1.82) is 0 Å². The fourth-order valence-corrected chi connectivity index (χ4v) is 1.33. The molecule has 0 aliphatic heterocycles. The molecule has 0 radical (unpaired) electrons. The molecule has 0 nitrogen and oxygen atoms in total. The van der Waals surface area contributed by atoms with Crippen LogP contribution < -0.4 is 0 Å². The van der Waals surface area contributed by atoms with Crippen LogP contribution >= 0.6 is 0 Å². The topological polar surface area (TPSA) is 0 Å². The molecule has 0 unspecified atom stereocenters. The molecule has 36 valence electrons. The first-order valence-electron chi connectivity index (χ1n) is 2.74. The normalized spacial score (nSPS) is 27.4. The van der Waals surface area contributed by atoms with E-state index in [9.17, 15) is 0 Å². The van der Waals surface area contributed by atoms with Crippen molar-refractivity contribution in [2.75, 3.05) is 0 Å². The molecule has 0 heteroatoms. The third kappa shape index (κ3) is 0.277. The van der Waals surface area contributed by atoms with Gasteiger partial charge in [0.25, 0.3) is 0 Å². The van der Waals surface area contributed by atoms with Gasteiger partial charge in [-0.3, -0.25) is 0 Å². The van der Waals surface area contributed by atoms with Crippen molar-refractivity contribution in [3.8, 4) is 0 Å². The van der Waals surface area contributed by atoms with Gasteiger partial charge in [0.2, 0.25) is 0 Å². The predicted molar refractivity (Wildman–Crippen MR) is 29.9 cm³/mol. The lowest BCUT2D eigenvalue weighted by Crippen LogP contribution is -2.05. The van der Waals surface area contributed by atoms with Crippen LogP contribution in [0.15, 0.2) is 23.8 Å². The second kappa shape index (κ2) is 0.835. The molecule has 2 bridgehead atoms. The highest BCUT2D eigenvalue weighted by molar-refractivity contribution is 5.40. The van der Waals surface area contributed by atoms with Crippen molar-refractivity contribution in [3.63, 3.8) is 0 Å². The minimum atomic E-state index is 0.870. The minimum absolute atomic E-state index is 0.870. The van der Waals surface area contributed by atoms with Gasteiger partial charge >= 0.3 is 0 Å². The van der Waals surface area contributed by atoms with Crippen LogP contribution in [0.4, 0.5) is 0 Å². The summed E-state index contributed by atoms with van der Waals surface area (Å²) in [4.78, 5) is 0. The van der Waals surface area contributed by atoms with E-state index in [-0.39, 0.29) is 0 Å². The van der Waals surface area contributed by atoms with Crippen LogP contribution in [0, 0.1) is 5.92 Å². The maximum Gasteiger partial charge on any atom is -0.00931 e. The Bertz CT molecular complexity index is 143. The predicted octanol–water partition coefficient (Wildman–Crippen LogP) is 1.89. The van der Waals surface area contributed by atoms with E-state index in [4.69, 9.17) is 0 Å². The maximum absolute atomic E-state index is 3.90. The summed E-state index contributed by atoms with van der Waals surface area (Å²) in [5.74, 6) is 0.870. The molecule has 3 rings (SSSR count). The molecule has 0 N–H and O–H groups in total. The molecule has 0 amide bonds. The van der Waals surface area contributed by atoms with Crippen LogP contribution in [0.25, 0.3) is 0 Å². The van der Waals surface area contributed by atoms with Crippen molar-refractivity contribution < 1.29 is 0 Å². The Balaban J connectivity index is 2.46. The van der Waals surface area contributed by atoms with E-state index in [1.807, 2.05) is 0 Å². The molecule has 1 fully saturated rings. The van der Waals surface area contributed by atoms with Gasteiger partial charge in [0.15, 0.2) is 0 Å². The van der Waals surface area contributed by atoms with Gasteiger partial charge in [0.05, 0.1) is 0 Å². The largest absolute Gasteiger partial charge is 0.0955 e. The van der Waals surface area contributed by atoms with Gasteiger partial charge in [-0.25, -0.2) is 0 Å². The summed E-state index contributed by atoms with van der Waals surface area (Å²) >= 11 is 0. The molecular weight excluding hydrogens is 84.1 g/mol. The fraction of sp³-hybridized carbons (Fsp3) is 0.429. The Labute approximate surface area is 43.5 Å². The van der Waals surface area contributed by atoms with E-state index in [1.165, 1.54) is 18.4 Å². The van der Waals surface area contributed by atoms with Crippen LogP contribution in [0.2, 0.25) is 0 Å². The van der Waals surface area contributed by atoms with E-state index in [0.29, 0.717) is 0 Å². The van der Waals surface area contributed by atoms with E-state index in [1.54, 1.807) is 5.57 Å². The van der Waals surface area contributed by atoms with Gasteiger partial charge in [-0.1, -0.05) is 23.8 Å². The third-order valence-electron chi connectivity index (χ3n) is 1.93. The van der Waals surface area contributed by atoms with Crippen LogP contribution in [0.5, 0.6) is 0 Å². The van der Waals surface area contributed by atoms with E-state index < -0.39 is 0 Å². The molecule has 0 aromatic carbocycles. The van der Waals surface area contributed by atoms with Crippen molar-refractivity contribution in [1.82, 2.24) is 0 Å². The number of hydrogen-bond donors (Lipinski definition) is 0. The average molecular weight is 92.1 g/mol. The van der Waals surface area contributed by atoms with Gasteiger partial charge < -0.3 is 0 Å². The molecule has 3 aliphatic carbocycles. The zero-order valence-electron chi connectivity index (χ0n) is 4.28. The van der Waals surface area contributed by atoms with Gasteiger partial charge in [0, 0.05) is 0 Å². The minimum Gasteiger partial charge on any atom is -0.0955 e. The van der Waals surface area contributed by atoms with Gasteiger partial charge in [-0.05, 0) is 18.8 Å². The quantitative estimate of drug-likeness (QED) is 0.428. The lowest BCUT2D eigenvalue weighted by Gasteiger charge is -2.18. The van der Waals surface area contributed by atoms with Crippen LogP contribution in [-0.2, 0) is 0 Å². The molecule has 3 aliphatic rings. The van der Waals surface area contributed by atoms with E-state index in [2.05, 4.69) is 12.7 Å². The first-order chi connectivity index (χ1) is 3.36. The van der Waals surface area contributed by atoms with Gasteiger partial charge in [0.1, 0.15) is 0 Å². The summed E-state index contributed by atoms with van der Waals surface area (Å²) in [6.07, 6.45) is 4.91. The highest BCUT2D eigenvalue weighted by Crippen LogP contribution is 2.45. The molecule has 0 aromatic rings. The van der Waals surface area contributed by atoms with E-state index >= 15 is 0 Å². The zero-order valence-corrected chi connectivity index (χ0v) is 4.28. The number of rotatable bonds is 0. The Hall–Kier alpha value is -0.520. The maximum atomic E-state index is 3.90. The van der Waals surface area contributed by atoms with Gasteiger partial charge in [-0.15, -0.1) is 0 Å². The fourth-order valence-electron chi connectivity index (χ4n) is 1.33. The van der Waals surface area contributed by atoms with Crippen LogP contribution in [0.1, 0.15) is 12.8 Å². The zero-order chi connectivity index (χ0) is 4.85. The summed E-state index contributed by atoms with van der Waals surface area (Å²) in [6, 6.07) is 0. The molecule has 0 aromatic heterocycles. The second-order valence-electron chi connectivity index (χ2n) is 2.48. The Morgan fingerprint density at radius 2 is 2.29 bits per heavy atom. The second-order valence-corrected chi connectivity index (χ2v) is 2.48. The number of allylic oxidation sites excluding steroid dienone is 3. The monoisotopic (exact) mass is 92.1 g/mol. The van der Waals surface area contributed by atoms with Crippen molar-refractivity contribution in [3.05, 3.63) is 23.8 Å². The first kappa shape index (κ1) is 3.48. The van der Waals surface area contributed by atoms with Crippen molar-refractivity contribution in [2.24, 2.45) is 5.92 Å². The van der Waals surface area contributed by atoms with Crippen LogP contribution in [-0.4, -0.2) is 0 Å². The summed E-state index contributed by atoms with van der Waals surface area (Å²) in [5.41, 5.74) is 2.99. The summed E-state index contributed by atoms with van der Waals surface area (Å²) < 4.78 is 0. The smallest absolute Gasteiger partial charge is 0.00931 e. The summed E-state index contributed by atoms with van der Waals surface area (Å²) in [5, 5.41) is 0. The summed E-state index contributed by atoms with van der Waals surface area (Å²) in [6.45, 7) is 3.90. The molecule has 7 heavy (non-hydrogen) atoms. The highest BCUT2D eigenvalue weighted by atomic mass is 14.3. The molecule has 1 saturated carbocycles.